The van der Waals surface area contributed by atoms with Crippen molar-refractivity contribution in [1.29, 1.82) is 0 Å². The second-order valence-electron chi connectivity index (χ2n) is 5.72. The number of hydrogen-bond acceptors (Lipinski definition) is 3. The van der Waals surface area contributed by atoms with Gasteiger partial charge in [-0.2, -0.15) is 0 Å². The van der Waals surface area contributed by atoms with Crippen molar-refractivity contribution in [3.05, 3.63) is 23.3 Å². The number of carbonyl (C=O) groups is 1. The van der Waals surface area contributed by atoms with E-state index in [0.29, 0.717) is 0 Å². The molecule has 1 amide bonds. The van der Waals surface area contributed by atoms with Crippen LogP contribution in [0.4, 0.5) is 5.13 Å². The van der Waals surface area contributed by atoms with Crippen molar-refractivity contribution in [1.82, 2.24) is 4.98 Å². The standard InChI is InChI=1S/C16H20N2OS/c1-10-8-9-11(2)14-13(10)17-16(20-14)18-15(19)12-6-4-3-5-7-12/h8-9,12H,3-7H2,1-2H3,(H,17,18,19). The Morgan fingerprint density at radius 1 is 1.20 bits per heavy atom. The summed E-state index contributed by atoms with van der Waals surface area (Å²) >= 11 is 1.59. The van der Waals surface area contributed by atoms with E-state index in [9.17, 15) is 4.79 Å². The first-order valence-corrected chi connectivity index (χ1v) is 8.14. The third kappa shape index (κ3) is 2.57. The number of anilines is 1. The minimum absolute atomic E-state index is 0.152. The molecule has 3 nitrogen and oxygen atoms in total. The van der Waals surface area contributed by atoms with Gasteiger partial charge in [0.1, 0.15) is 0 Å². The van der Waals surface area contributed by atoms with E-state index in [-0.39, 0.29) is 11.8 Å². The molecule has 1 aromatic heterocycles. The molecule has 0 saturated heterocycles. The molecule has 4 heteroatoms. The third-order valence-corrected chi connectivity index (χ3v) is 5.25. The molecule has 2 aromatic rings. The fraction of sp³-hybridized carbons (Fsp3) is 0.500. The zero-order chi connectivity index (χ0) is 14.1. The summed E-state index contributed by atoms with van der Waals surface area (Å²) in [6.45, 7) is 4.15. The average Bonchev–Trinajstić information content (AvgIpc) is 2.89. The smallest absolute Gasteiger partial charge is 0.229 e. The van der Waals surface area contributed by atoms with E-state index < -0.39 is 0 Å². The Hall–Kier alpha value is -1.42. The fourth-order valence-electron chi connectivity index (χ4n) is 2.88. The first-order chi connectivity index (χ1) is 9.65. The van der Waals surface area contributed by atoms with Gasteiger partial charge in [-0.25, -0.2) is 4.98 Å². The second kappa shape index (κ2) is 5.52. The molecule has 1 aliphatic carbocycles. The Morgan fingerprint density at radius 3 is 2.60 bits per heavy atom. The average molecular weight is 288 g/mol. The normalized spacial score (nSPS) is 16.5. The molecule has 0 unspecified atom stereocenters. The molecule has 0 aliphatic heterocycles. The molecule has 0 atom stereocenters. The Balaban J connectivity index is 1.82. The number of carbonyl (C=O) groups excluding carboxylic acids is 1. The van der Waals surface area contributed by atoms with E-state index in [1.165, 1.54) is 35.1 Å². The number of hydrogen-bond donors (Lipinski definition) is 1. The maximum atomic E-state index is 12.3. The minimum atomic E-state index is 0.152. The first kappa shape index (κ1) is 13.6. The van der Waals surface area contributed by atoms with Gasteiger partial charge in [-0.15, -0.1) is 0 Å². The Kier molecular flexibility index (Phi) is 3.74. The van der Waals surface area contributed by atoms with Crippen LogP contribution in [0.3, 0.4) is 0 Å². The van der Waals surface area contributed by atoms with Crippen LogP contribution in [0.15, 0.2) is 12.1 Å². The van der Waals surface area contributed by atoms with Crippen molar-refractivity contribution in [3.63, 3.8) is 0 Å². The Bertz CT molecular complexity index is 602. The number of fused-ring (bicyclic) bond motifs is 1. The zero-order valence-corrected chi connectivity index (χ0v) is 12.8. The van der Waals surface area contributed by atoms with Crippen LogP contribution >= 0.6 is 11.3 Å². The van der Waals surface area contributed by atoms with Crippen LogP contribution in [-0.2, 0) is 4.79 Å². The summed E-state index contributed by atoms with van der Waals surface area (Å²) in [5.74, 6) is 0.331. The summed E-state index contributed by atoms with van der Waals surface area (Å²) in [5, 5.41) is 3.77. The molecule has 0 spiro atoms. The molecule has 0 bridgehead atoms. The Morgan fingerprint density at radius 2 is 1.90 bits per heavy atom. The summed E-state index contributed by atoms with van der Waals surface area (Å²) in [7, 11) is 0. The van der Waals surface area contributed by atoms with Crippen LogP contribution in [0.2, 0.25) is 0 Å². The maximum absolute atomic E-state index is 12.3. The van der Waals surface area contributed by atoms with Gasteiger partial charge in [0.15, 0.2) is 5.13 Å². The Labute approximate surface area is 123 Å². The molecule has 1 aliphatic rings. The molecule has 106 valence electrons. The number of nitrogens with zero attached hydrogens (tertiary/aromatic N) is 1. The number of benzene rings is 1. The highest BCUT2D eigenvalue weighted by Gasteiger charge is 2.22. The van der Waals surface area contributed by atoms with Crippen LogP contribution in [0.25, 0.3) is 10.2 Å². The van der Waals surface area contributed by atoms with Gasteiger partial charge in [0, 0.05) is 5.92 Å². The van der Waals surface area contributed by atoms with Gasteiger partial charge in [0.2, 0.25) is 5.91 Å². The zero-order valence-electron chi connectivity index (χ0n) is 12.0. The lowest BCUT2D eigenvalue weighted by Crippen LogP contribution is -2.24. The summed E-state index contributed by atoms with van der Waals surface area (Å²) in [5.41, 5.74) is 3.41. The molecule has 1 heterocycles. The van der Waals surface area contributed by atoms with E-state index in [1.807, 2.05) is 0 Å². The third-order valence-electron chi connectivity index (χ3n) is 4.15. The second-order valence-corrected chi connectivity index (χ2v) is 6.72. The van der Waals surface area contributed by atoms with Crippen molar-refractivity contribution < 1.29 is 4.79 Å². The predicted octanol–water partition coefficient (Wildman–Crippen LogP) is 4.43. The number of thiazole rings is 1. The number of aromatic nitrogens is 1. The first-order valence-electron chi connectivity index (χ1n) is 7.33. The van der Waals surface area contributed by atoms with E-state index in [0.717, 1.165) is 23.5 Å². The fourth-order valence-corrected chi connectivity index (χ4v) is 3.90. The maximum Gasteiger partial charge on any atom is 0.229 e. The number of nitrogens with one attached hydrogen (secondary N) is 1. The van der Waals surface area contributed by atoms with Gasteiger partial charge in [-0.05, 0) is 37.8 Å². The summed E-state index contributed by atoms with van der Waals surface area (Å²) < 4.78 is 1.18. The molecular weight excluding hydrogens is 268 g/mol. The van der Waals surface area contributed by atoms with Crippen LogP contribution in [0.1, 0.15) is 43.2 Å². The largest absolute Gasteiger partial charge is 0.302 e. The molecule has 0 radical (unpaired) electrons. The van der Waals surface area contributed by atoms with E-state index in [1.54, 1.807) is 11.3 Å². The molecule has 20 heavy (non-hydrogen) atoms. The van der Waals surface area contributed by atoms with Gasteiger partial charge in [0.05, 0.1) is 10.2 Å². The van der Waals surface area contributed by atoms with Crippen LogP contribution in [0, 0.1) is 19.8 Å². The molecule has 1 fully saturated rings. The van der Waals surface area contributed by atoms with Crippen LogP contribution < -0.4 is 5.32 Å². The van der Waals surface area contributed by atoms with Crippen molar-refractivity contribution >= 4 is 32.6 Å². The van der Waals surface area contributed by atoms with E-state index in [2.05, 4.69) is 36.3 Å². The predicted molar refractivity (Wildman–Crippen MR) is 84.3 cm³/mol. The van der Waals surface area contributed by atoms with Gasteiger partial charge in [-0.1, -0.05) is 42.7 Å². The lowest BCUT2D eigenvalue weighted by Gasteiger charge is -2.19. The molecule has 1 saturated carbocycles. The highest BCUT2D eigenvalue weighted by Crippen LogP contribution is 2.32. The molecule has 1 aromatic carbocycles. The van der Waals surface area contributed by atoms with Gasteiger partial charge in [0.25, 0.3) is 0 Å². The number of aryl methyl sites for hydroxylation is 2. The van der Waals surface area contributed by atoms with Crippen LogP contribution in [0.5, 0.6) is 0 Å². The monoisotopic (exact) mass is 288 g/mol. The van der Waals surface area contributed by atoms with E-state index in [4.69, 9.17) is 0 Å². The molecule has 3 rings (SSSR count). The summed E-state index contributed by atoms with van der Waals surface area (Å²) in [6.07, 6.45) is 5.67. The van der Waals surface area contributed by atoms with Crippen molar-refractivity contribution in [2.24, 2.45) is 5.92 Å². The van der Waals surface area contributed by atoms with Gasteiger partial charge >= 0.3 is 0 Å². The molecular formula is C16H20N2OS. The molecule has 1 N–H and O–H groups in total. The minimum Gasteiger partial charge on any atom is -0.302 e. The van der Waals surface area contributed by atoms with Crippen LogP contribution in [-0.4, -0.2) is 10.9 Å². The lowest BCUT2D eigenvalue weighted by molar-refractivity contribution is -0.120. The topological polar surface area (TPSA) is 42.0 Å². The highest BCUT2D eigenvalue weighted by molar-refractivity contribution is 7.22. The summed E-state index contributed by atoms with van der Waals surface area (Å²) in [4.78, 5) is 16.9. The SMILES string of the molecule is Cc1ccc(C)c2sc(NC(=O)C3CCCCC3)nc12. The van der Waals surface area contributed by atoms with Crippen molar-refractivity contribution in [2.75, 3.05) is 5.32 Å². The number of amides is 1. The van der Waals surface area contributed by atoms with Gasteiger partial charge in [-0.3, -0.25) is 4.79 Å². The summed E-state index contributed by atoms with van der Waals surface area (Å²) in [6, 6.07) is 4.20. The highest BCUT2D eigenvalue weighted by atomic mass is 32.1. The number of rotatable bonds is 2. The van der Waals surface area contributed by atoms with Crippen molar-refractivity contribution in [3.8, 4) is 0 Å². The van der Waals surface area contributed by atoms with Gasteiger partial charge < -0.3 is 5.32 Å². The quantitative estimate of drug-likeness (QED) is 0.888. The van der Waals surface area contributed by atoms with E-state index >= 15 is 0 Å². The lowest BCUT2D eigenvalue weighted by atomic mass is 9.89. The van der Waals surface area contributed by atoms with Crippen molar-refractivity contribution in [2.45, 2.75) is 46.0 Å².